The number of hydrogen-bond donors (Lipinski definition) is 1. The monoisotopic (exact) mass is 374 g/mol. The van der Waals surface area contributed by atoms with Crippen LogP contribution in [0.3, 0.4) is 0 Å². The minimum Gasteiger partial charge on any atom is -0.363 e. The van der Waals surface area contributed by atoms with E-state index in [-0.39, 0.29) is 17.6 Å². The Labute approximate surface area is 148 Å². The highest BCUT2D eigenvalue weighted by atomic mass is 19.4. The van der Waals surface area contributed by atoms with Crippen molar-refractivity contribution >= 4 is 17.3 Å². The number of nitrogens with zero attached hydrogens (tertiary/aromatic N) is 3. The molecule has 0 aliphatic carbocycles. The fourth-order valence-electron chi connectivity index (χ4n) is 2.95. The van der Waals surface area contributed by atoms with Crippen LogP contribution in [0.1, 0.15) is 19.4 Å². The zero-order valence-corrected chi connectivity index (χ0v) is 14.5. The van der Waals surface area contributed by atoms with Gasteiger partial charge in [0.15, 0.2) is 0 Å². The second-order valence-electron chi connectivity index (χ2n) is 6.05. The van der Waals surface area contributed by atoms with Gasteiger partial charge in [-0.25, -0.2) is 0 Å². The number of benzene rings is 1. The average molecular weight is 374 g/mol. The van der Waals surface area contributed by atoms with E-state index in [1.807, 2.05) is 11.8 Å². The van der Waals surface area contributed by atoms with Gasteiger partial charge in [0.2, 0.25) is 5.91 Å². The maximum absolute atomic E-state index is 12.8. The molecule has 1 heterocycles. The van der Waals surface area contributed by atoms with Crippen LogP contribution in [-0.2, 0) is 11.0 Å². The van der Waals surface area contributed by atoms with E-state index in [1.165, 1.54) is 0 Å². The Morgan fingerprint density at radius 3 is 2.42 bits per heavy atom. The highest BCUT2D eigenvalue weighted by molar-refractivity contribution is 5.81. The summed E-state index contributed by atoms with van der Waals surface area (Å²) < 4.78 is 38.4. The summed E-state index contributed by atoms with van der Waals surface area (Å²) in [6.45, 7) is 5.87. The minimum absolute atomic E-state index is 0.0959. The van der Waals surface area contributed by atoms with Crippen LogP contribution in [0.25, 0.3) is 0 Å². The third-order valence-corrected chi connectivity index (χ3v) is 4.43. The van der Waals surface area contributed by atoms with Crippen molar-refractivity contribution in [1.82, 2.24) is 10.2 Å². The van der Waals surface area contributed by atoms with Crippen LogP contribution >= 0.6 is 0 Å². The van der Waals surface area contributed by atoms with Gasteiger partial charge in [-0.1, -0.05) is 0 Å². The molecular weight excluding hydrogens is 353 g/mol. The molecule has 0 spiro atoms. The molecular formula is C16H21F3N4O3. The van der Waals surface area contributed by atoms with Crippen molar-refractivity contribution in [2.24, 2.45) is 0 Å². The van der Waals surface area contributed by atoms with E-state index in [9.17, 15) is 28.1 Å². The van der Waals surface area contributed by atoms with Gasteiger partial charge in [0.25, 0.3) is 5.69 Å². The van der Waals surface area contributed by atoms with Crippen molar-refractivity contribution in [2.45, 2.75) is 26.1 Å². The Morgan fingerprint density at radius 1 is 1.31 bits per heavy atom. The van der Waals surface area contributed by atoms with Gasteiger partial charge in [0.05, 0.1) is 16.5 Å². The van der Waals surface area contributed by atoms with E-state index in [0.717, 1.165) is 12.1 Å². The van der Waals surface area contributed by atoms with Gasteiger partial charge in [0, 0.05) is 38.8 Å². The average Bonchev–Trinajstić information content (AvgIpc) is 2.60. The molecule has 1 N–H and O–H groups in total. The lowest BCUT2D eigenvalue weighted by Gasteiger charge is -2.38. The molecule has 1 fully saturated rings. The molecule has 1 aliphatic heterocycles. The number of carbonyl (C=O) groups is 1. The second kappa shape index (κ2) is 7.90. The van der Waals surface area contributed by atoms with Gasteiger partial charge in [0.1, 0.15) is 5.69 Å². The van der Waals surface area contributed by atoms with Crippen molar-refractivity contribution in [1.29, 1.82) is 0 Å². The summed E-state index contributed by atoms with van der Waals surface area (Å²) in [5.74, 6) is -0.0959. The van der Waals surface area contributed by atoms with Crippen LogP contribution in [0.4, 0.5) is 24.5 Å². The van der Waals surface area contributed by atoms with E-state index < -0.39 is 22.4 Å². The first-order chi connectivity index (χ1) is 12.1. The Kier molecular flexibility index (Phi) is 6.06. The van der Waals surface area contributed by atoms with E-state index in [1.54, 1.807) is 11.8 Å². The van der Waals surface area contributed by atoms with E-state index in [0.29, 0.717) is 38.8 Å². The number of likely N-dealkylation sites (N-methyl/N-ethyl adjacent to an activating group) is 1. The third kappa shape index (κ3) is 4.43. The molecule has 1 atom stereocenters. The number of piperazine rings is 1. The summed E-state index contributed by atoms with van der Waals surface area (Å²) in [6.07, 6.45) is -4.63. The zero-order valence-electron chi connectivity index (χ0n) is 14.5. The largest absolute Gasteiger partial charge is 0.416 e. The fraction of sp³-hybridized carbons (Fsp3) is 0.562. The molecule has 0 unspecified atom stereocenters. The molecule has 0 saturated carbocycles. The number of nitrogens with one attached hydrogen (secondary N) is 1. The van der Waals surface area contributed by atoms with Gasteiger partial charge in [-0.05, 0) is 26.0 Å². The Hall–Kier alpha value is -2.36. The smallest absolute Gasteiger partial charge is 0.363 e. The van der Waals surface area contributed by atoms with Gasteiger partial charge in [-0.3, -0.25) is 19.8 Å². The summed E-state index contributed by atoms with van der Waals surface area (Å²) in [7, 11) is 0. The molecule has 26 heavy (non-hydrogen) atoms. The summed E-state index contributed by atoms with van der Waals surface area (Å²) in [6, 6.07) is 2.23. The molecule has 1 saturated heterocycles. The minimum atomic E-state index is -4.63. The second-order valence-corrected chi connectivity index (χ2v) is 6.05. The van der Waals surface area contributed by atoms with E-state index >= 15 is 0 Å². The van der Waals surface area contributed by atoms with Crippen LogP contribution in [0.15, 0.2) is 18.2 Å². The lowest BCUT2D eigenvalue weighted by atomic mass is 10.1. The van der Waals surface area contributed by atoms with E-state index in [2.05, 4.69) is 5.32 Å². The molecule has 10 heteroatoms. The Balaban J connectivity index is 2.14. The number of anilines is 1. The van der Waals surface area contributed by atoms with Gasteiger partial charge in [-0.2, -0.15) is 13.2 Å². The summed E-state index contributed by atoms with van der Waals surface area (Å²) in [4.78, 5) is 26.0. The number of hydrogen-bond acceptors (Lipinski definition) is 5. The van der Waals surface area contributed by atoms with Crippen molar-refractivity contribution in [3.63, 3.8) is 0 Å². The number of nitro groups is 1. The highest BCUT2D eigenvalue weighted by Gasteiger charge is 2.34. The summed E-state index contributed by atoms with van der Waals surface area (Å²) in [5, 5.41) is 14.0. The Bertz CT molecular complexity index is 673. The van der Waals surface area contributed by atoms with E-state index in [4.69, 9.17) is 0 Å². The number of rotatable bonds is 5. The highest BCUT2D eigenvalue weighted by Crippen LogP contribution is 2.36. The number of halogens is 3. The molecule has 1 amide bonds. The maximum Gasteiger partial charge on any atom is 0.416 e. The molecule has 1 aromatic carbocycles. The lowest BCUT2D eigenvalue weighted by molar-refractivity contribution is -0.384. The van der Waals surface area contributed by atoms with Crippen LogP contribution in [-0.4, -0.2) is 54.5 Å². The normalized spacial score (nSPS) is 17.0. The van der Waals surface area contributed by atoms with Crippen LogP contribution < -0.4 is 10.2 Å². The number of nitro benzene ring substituents is 1. The molecule has 2 rings (SSSR count). The summed E-state index contributed by atoms with van der Waals surface area (Å²) in [5.41, 5.74) is -1.45. The van der Waals surface area contributed by atoms with Crippen LogP contribution in [0.5, 0.6) is 0 Å². The van der Waals surface area contributed by atoms with Gasteiger partial charge >= 0.3 is 6.18 Å². The number of amides is 1. The molecule has 0 aromatic heterocycles. The van der Waals surface area contributed by atoms with Gasteiger partial charge in [-0.15, -0.1) is 0 Å². The number of carbonyl (C=O) groups excluding carboxylic acids is 1. The molecule has 1 aliphatic rings. The van der Waals surface area contributed by atoms with Crippen molar-refractivity contribution < 1.29 is 22.9 Å². The molecule has 7 nitrogen and oxygen atoms in total. The predicted molar refractivity (Wildman–Crippen MR) is 90.0 cm³/mol. The van der Waals surface area contributed by atoms with Crippen LogP contribution in [0.2, 0.25) is 0 Å². The van der Waals surface area contributed by atoms with Gasteiger partial charge < -0.3 is 10.2 Å². The topological polar surface area (TPSA) is 78.7 Å². The third-order valence-electron chi connectivity index (χ3n) is 4.43. The molecule has 0 radical (unpaired) electrons. The number of alkyl halides is 3. The zero-order chi connectivity index (χ0) is 19.5. The predicted octanol–water partition coefficient (Wildman–Crippen LogP) is 2.26. The van der Waals surface area contributed by atoms with Crippen LogP contribution in [0, 0.1) is 10.1 Å². The fourth-order valence-corrected chi connectivity index (χ4v) is 2.95. The molecule has 0 bridgehead atoms. The first-order valence-corrected chi connectivity index (χ1v) is 8.27. The quantitative estimate of drug-likeness (QED) is 0.632. The SMILES string of the molecule is CCNC(=O)[C@@H](C)N1CCN(c2ccc(C(F)(F)F)cc2[N+](=O)[O-])CC1. The Morgan fingerprint density at radius 2 is 1.92 bits per heavy atom. The molecule has 1 aromatic rings. The van der Waals surface area contributed by atoms with Crippen molar-refractivity contribution in [3.8, 4) is 0 Å². The van der Waals surface area contributed by atoms with Crippen molar-refractivity contribution in [3.05, 3.63) is 33.9 Å². The summed E-state index contributed by atoms with van der Waals surface area (Å²) >= 11 is 0. The maximum atomic E-state index is 12.8. The first-order valence-electron chi connectivity index (χ1n) is 8.27. The first kappa shape index (κ1) is 20.0. The standard InChI is InChI=1S/C16H21F3N4O3/c1-3-20-15(24)11(2)21-6-8-22(9-7-21)13-5-4-12(16(17,18)19)10-14(13)23(25)26/h4-5,10-11H,3,6-9H2,1-2H3,(H,20,24)/t11-/m1/s1. The molecule has 144 valence electrons. The lowest BCUT2D eigenvalue weighted by Crippen LogP contribution is -2.54. The van der Waals surface area contributed by atoms with Crippen molar-refractivity contribution in [2.75, 3.05) is 37.6 Å².